The summed E-state index contributed by atoms with van der Waals surface area (Å²) < 4.78 is 22.7. The molecule has 10 nitrogen and oxygen atoms in total. The lowest BCUT2D eigenvalue weighted by atomic mass is 10.0. The van der Waals surface area contributed by atoms with Gasteiger partial charge in [-0.3, -0.25) is 4.98 Å². The van der Waals surface area contributed by atoms with Crippen molar-refractivity contribution in [1.29, 1.82) is 0 Å². The van der Waals surface area contributed by atoms with Crippen LogP contribution in [0, 0.1) is 12.7 Å². The fraction of sp³-hybridized carbons (Fsp3) is 0.364. The lowest BCUT2D eigenvalue weighted by Gasteiger charge is -2.28. The lowest BCUT2D eigenvalue weighted by molar-refractivity contribution is 0.0789. The molecule has 3 N–H and O–H groups in total. The van der Waals surface area contributed by atoms with Crippen molar-refractivity contribution >= 4 is 29.5 Å². The average Bonchev–Trinajstić information content (AvgIpc) is 3.41. The largest absolute Gasteiger partial charge is 0.479 e. The first-order valence-corrected chi connectivity index (χ1v) is 11.2. The van der Waals surface area contributed by atoms with Crippen molar-refractivity contribution in [2.75, 3.05) is 19.7 Å². The zero-order valence-corrected chi connectivity index (χ0v) is 20.2. The number of piperidine rings is 1. The van der Waals surface area contributed by atoms with Crippen LogP contribution in [0.15, 0.2) is 36.8 Å². The molecule has 3 atom stereocenters. The number of aliphatic hydroxyl groups excluding tert-OH is 2. The summed E-state index contributed by atoms with van der Waals surface area (Å²) in [6, 6.07) is 4.28. The van der Waals surface area contributed by atoms with Gasteiger partial charge in [-0.25, -0.2) is 13.6 Å². The Morgan fingerprint density at radius 1 is 1.34 bits per heavy atom. The minimum atomic E-state index is -0.854. The number of halogens is 3. The number of aromatic nitrogens is 6. The van der Waals surface area contributed by atoms with Crippen molar-refractivity contribution in [1.82, 2.24) is 34.9 Å². The number of fused-ring (bicyclic) bond motifs is 1. The van der Waals surface area contributed by atoms with E-state index in [-0.39, 0.29) is 25.1 Å². The van der Waals surface area contributed by atoms with Crippen LogP contribution < -0.4 is 10.1 Å². The van der Waals surface area contributed by atoms with Crippen LogP contribution in [0.4, 0.5) is 4.39 Å². The van der Waals surface area contributed by atoms with Gasteiger partial charge in [-0.2, -0.15) is 5.10 Å². The summed E-state index contributed by atoms with van der Waals surface area (Å²) in [5.74, 6) is -0.137. The molecule has 186 valence electrons. The van der Waals surface area contributed by atoms with Crippen molar-refractivity contribution in [3.63, 3.8) is 0 Å². The Morgan fingerprint density at radius 3 is 2.89 bits per heavy atom. The van der Waals surface area contributed by atoms with Crippen LogP contribution >= 0.6 is 24.0 Å². The number of ether oxygens (including phenoxy) is 1. The molecule has 0 aromatic carbocycles. The van der Waals surface area contributed by atoms with Crippen LogP contribution in [0.1, 0.15) is 30.0 Å². The van der Waals surface area contributed by atoms with E-state index in [4.69, 9.17) is 16.3 Å². The second-order valence-electron chi connectivity index (χ2n) is 8.16. The number of β-amino-alcohol motifs (C(OH)–C–C–N with tert-alkyl or cyclic N) is 1. The molecule has 5 rings (SSSR count). The zero-order chi connectivity index (χ0) is 23.8. The highest BCUT2D eigenvalue weighted by atomic mass is 35.5. The van der Waals surface area contributed by atoms with E-state index in [0.29, 0.717) is 39.8 Å². The predicted molar refractivity (Wildman–Crippen MR) is 128 cm³/mol. The number of hydrogen-bond donors (Lipinski definition) is 3. The summed E-state index contributed by atoms with van der Waals surface area (Å²) in [6.07, 6.45) is 3.63. The Morgan fingerprint density at radius 2 is 2.17 bits per heavy atom. The molecule has 1 aliphatic rings. The Hall–Kier alpha value is -2.83. The van der Waals surface area contributed by atoms with Crippen molar-refractivity contribution in [2.45, 2.75) is 31.6 Å². The predicted octanol–water partition coefficient (Wildman–Crippen LogP) is 2.52. The smallest absolute Gasteiger partial charge is 0.163 e. The molecule has 0 bridgehead atoms. The maximum atomic E-state index is 13.3. The van der Waals surface area contributed by atoms with Gasteiger partial charge in [0.15, 0.2) is 6.10 Å². The number of nitrogens with zero attached hydrogens (tertiary/aromatic N) is 6. The van der Waals surface area contributed by atoms with Gasteiger partial charge in [0.1, 0.15) is 22.8 Å². The summed E-state index contributed by atoms with van der Waals surface area (Å²) in [5.41, 5.74) is 2.92. The van der Waals surface area contributed by atoms with Crippen LogP contribution in [0.3, 0.4) is 0 Å². The third-order valence-electron chi connectivity index (χ3n) is 5.98. The van der Waals surface area contributed by atoms with Gasteiger partial charge >= 0.3 is 0 Å². The summed E-state index contributed by atoms with van der Waals surface area (Å²) in [6.45, 7) is 2.79. The maximum absolute atomic E-state index is 13.3. The zero-order valence-electron chi connectivity index (χ0n) is 18.7. The van der Waals surface area contributed by atoms with Gasteiger partial charge in [0.2, 0.25) is 0 Å². The van der Waals surface area contributed by atoms with Crippen molar-refractivity contribution in [2.24, 2.45) is 0 Å². The molecule has 35 heavy (non-hydrogen) atoms. The van der Waals surface area contributed by atoms with Crippen LogP contribution in [-0.4, -0.2) is 65.6 Å². The molecule has 0 saturated carbocycles. The van der Waals surface area contributed by atoms with E-state index in [1.165, 1.54) is 18.3 Å². The monoisotopic (exact) mass is 523 g/mol. The van der Waals surface area contributed by atoms with E-state index in [1.54, 1.807) is 21.5 Å². The van der Waals surface area contributed by atoms with Crippen LogP contribution in [-0.2, 0) is 0 Å². The van der Waals surface area contributed by atoms with E-state index in [9.17, 15) is 14.6 Å². The molecule has 0 spiro atoms. The van der Waals surface area contributed by atoms with Gasteiger partial charge in [0, 0.05) is 18.3 Å². The molecular formula is C22H24Cl2FN7O3. The minimum absolute atomic E-state index is 0. The summed E-state index contributed by atoms with van der Waals surface area (Å²) in [4.78, 5) is 4.02. The SMILES string of the molecule is Cc1c(-c2cc(OC(CO)c3ccc(F)cn3)c3c(Cl)cnn3c2)nnn1[C@H]1CCNC[C@@H]1O.Cl. The van der Waals surface area contributed by atoms with Crippen molar-refractivity contribution in [3.05, 3.63) is 59.0 Å². The van der Waals surface area contributed by atoms with Crippen molar-refractivity contribution < 1.29 is 19.3 Å². The Labute approximate surface area is 211 Å². The van der Waals surface area contributed by atoms with Gasteiger partial charge in [-0.05, 0) is 38.1 Å². The first-order chi connectivity index (χ1) is 16.5. The number of rotatable bonds is 6. The third-order valence-corrected chi connectivity index (χ3v) is 6.25. The molecule has 1 fully saturated rings. The number of aliphatic hydroxyl groups is 2. The second-order valence-corrected chi connectivity index (χ2v) is 8.57. The fourth-order valence-electron chi connectivity index (χ4n) is 4.23. The van der Waals surface area contributed by atoms with Gasteiger partial charge in [0.05, 0.1) is 47.6 Å². The summed E-state index contributed by atoms with van der Waals surface area (Å²) >= 11 is 6.37. The van der Waals surface area contributed by atoms with E-state index in [1.807, 2.05) is 6.92 Å². The average molecular weight is 524 g/mol. The summed E-state index contributed by atoms with van der Waals surface area (Å²) in [7, 11) is 0. The Balaban J connectivity index is 0.00000289. The Bertz CT molecular complexity index is 1310. The van der Waals surface area contributed by atoms with Gasteiger partial charge in [-0.15, -0.1) is 17.5 Å². The second kappa shape index (κ2) is 10.4. The van der Waals surface area contributed by atoms with Crippen LogP contribution in [0.5, 0.6) is 5.75 Å². The molecule has 5 heterocycles. The highest BCUT2D eigenvalue weighted by Gasteiger charge is 2.28. The molecule has 4 aromatic rings. The van der Waals surface area contributed by atoms with E-state index in [2.05, 4.69) is 25.7 Å². The van der Waals surface area contributed by atoms with Crippen LogP contribution in [0.2, 0.25) is 5.02 Å². The highest BCUT2D eigenvalue weighted by Crippen LogP contribution is 2.35. The van der Waals surface area contributed by atoms with Crippen LogP contribution in [0.25, 0.3) is 16.8 Å². The normalized spacial score (nSPS) is 18.9. The Kier molecular flexibility index (Phi) is 7.53. The molecule has 0 radical (unpaired) electrons. The molecule has 0 aliphatic carbocycles. The first-order valence-electron chi connectivity index (χ1n) is 10.8. The summed E-state index contributed by atoms with van der Waals surface area (Å²) in [5, 5.41) is 36.8. The van der Waals surface area contributed by atoms with Gasteiger partial charge in [0.25, 0.3) is 0 Å². The highest BCUT2D eigenvalue weighted by molar-refractivity contribution is 6.34. The maximum Gasteiger partial charge on any atom is 0.163 e. The fourth-order valence-corrected chi connectivity index (χ4v) is 4.45. The molecule has 1 aliphatic heterocycles. The van der Waals surface area contributed by atoms with E-state index in [0.717, 1.165) is 24.9 Å². The molecule has 0 amide bonds. The topological polar surface area (TPSA) is 123 Å². The molecule has 1 unspecified atom stereocenters. The molecule has 4 aromatic heterocycles. The van der Waals surface area contributed by atoms with Gasteiger partial charge < -0.3 is 20.3 Å². The van der Waals surface area contributed by atoms with E-state index < -0.39 is 18.0 Å². The molecule has 13 heteroatoms. The lowest BCUT2D eigenvalue weighted by Crippen LogP contribution is -2.42. The van der Waals surface area contributed by atoms with Crippen molar-refractivity contribution in [3.8, 4) is 17.0 Å². The standard InChI is InChI=1S/C22H23ClFN7O3.ClH/c1-12-21(28-29-31(12)17-4-5-25-9-18(17)33)13-6-19(22-15(23)8-27-30(22)10-13)34-20(11-32)16-3-2-14(24)7-26-16;/h2-3,6-8,10,17-18,20,25,32-33H,4-5,9,11H2,1H3;1H/t17-,18-,20?;/m0./s1. The molecule has 1 saturated heterocycles. The quantitative estimate of drug-likeness (QED) is 0.352. The number of hydrogen-bond acceptors (Lipinski definition) is 8. The third kappa shape index (κ3) is 4.82. The van der Waals surface area contributed by atoms with E-state index >= 15 is 0 Å². The number of nitrogens with one attached hydrogen (secondary N) is 1. The first kappa shape index (κ1) is 25.3. The van der Waals surface area contributed by atoms with Gasteiger partial charge in [-0.1, -0.05) is 16.8 Å². The number of pyridine rings is 2. The molecular weight excluding hydrogens is 500 g/mol. The minimum Gasteiger partial charge on any atom is -0.479 e.